The van der Waals surface area contributed by atoms with Crippen LogP contribution in [0.25, 0.3) is 0 Å². The summed E-state index contributed by atoms with van der Waals surface area (Å²) in [6.45, 7) is 3.53. The van der Waals surface area contributed by atoms with E-state index in [4.69, 9.17) is 15.4 Å². The second-order valence-electron chi connectivity index (χ2n) is 4.29. The molecule has 0 aliphatic heterocycles. The van der Waals surface area contributed by atoms with Crippen molar-refractivity contribution in [2.75, 3.05) is 13.2 Å². The average Bonchev–Trinajstić information content (AvgIpc) is 2.53. The molecule has 0 fully saturated rings. The molecule has 0 aliphatic carbocycles. The Balaban J connectivity index is 2.73. The number of carboxylic acid groups (broad SMARTS) is 1. The van der Waals surface area contributed by atoms with Crippen molar-refractivity contribution >= 4 is 13.8 Å². The highest BCUT2D eigenvalue weighted by atomic mass is 31.2. The van der Waals surface area contributed by atoms with Crippen LogP contribution in [-0.2, 0) is 34.9 Å². The second-order valence-corrected chi connectivity index (χ2v) is 5.67. The van der Waals surface area contributed by atoms with E-state index in [0.29, 0.717) is 5.56 Å². The summed E-state index contributed by atoms with van der Waals surface area (Å²) in [5.41, 5.74) is 6.13. The van der Waals surface area contributed by atoms with Gasteiger partial charge < -0.3 is 15.4 Å². The van der Waals surface area contributed by atoms with E-state index in [1.807, 2.05) is 0 Å². The number of rotatable bonds is 11. The van der Waals surface area contributed by atoms with E-state index < -0.39 is 19.8 Å². The first-order valence-electron chi connectivity index (χ1n) is 6.89. The van der Waals surface area contributed by atoms with E-state index in [9.17, 15) is 9.36 Å². The molecule has 9 nitrogen and oxygen atoms in total. The number of benzene rings is 1. The maximum Gasteiger partial charge on any atom is 0.585 e. The maximum atomic E-state index is 12.2. The van der Waals surface area contributed by atoms with Gasteiger partial charge in [-0.25, -0.2) is 14.3 Å². The van der Waals surface area contributed by atoms with Crippen LogP contribution in [0.1, 0.15) is 19.4 Å². The molecule has 0 radical (unpaired) electrons. The van der Waals surface area contributed by atoms with Gasteiger partial charge in [-0.15, -0.1) is 9.35 Å². The van der Waals surface area contributed by atoms with Crippen molar-refractivity contribution in [1.82, 2.24) is 0 Å². The van der Waals surface area contributed by atoms with Gasteiger partial charge in [-0.3, -0.25) is 4.79 Å². The van der Waals surface area contributed by atoms with E-state index in [2.05, 4.69) is 19.1 Å². The van der Waals surface area contributed by atoms with Crippen molar-refractivity contribution < 1.29 is 38.1 Å². The highest BCUT2D eigenvalue weighted by molar-refractivity contribution is 7.48. The Kier molecular flexibility index (Phi) is 8.18. The summed E-state index contributed by atoms with van der Waals surface area (Å²) in [4.78, 5) is 19.9. The summed E-state index contributed by atoms with van der Waals surface area (Å²) in [7, 11) is -4.10. The van der Waals surface area contributed by atoms with Crippen LogP contribution < -0.4 is 10.3 Å². The van der Waals surface area contributed by atoms with Gasteiger partial charge in [0.2, 0.25) is 0 Å². The molecule has 3 N–H and O–H groups in total. The lowest BCUT2D eigenvalue weighted by atomic mass is 10.1. The van der Waals surface area contributed by atoms with Gasteiger partial charge in [0.05, 0.1) is 13.2 Å². The van der Waals surface area contributed by atoms with Gasteiger partial charge in [-0.1, -0.05) is 12.1 Å². The van der Waals surface area contributed by atoms with Gasteiger partial charge in [0.25, 0.3) is 0 Å². The number of aliphatic carboxylic acids is 1. The zero-order chi connectivity index (χ0) is 17.3. The SMILES string of the molecule is CCOOP(=O)(OOCC)Oc1ccc(C[C@H](N)C(=O)O)cc1. The molecule has 0 bridgehead atoms. The topological polar surface area (TPSA) is 127 Å². The molecule has 130 valence electrons. The van der Waals surface area contributed by atoms with Gasteiger partial charge in [-0.2, -0.15) is 0 Å². The highest BCUT2D eigenvalue weighted by Gasteiger charge is 2.32. The van der Waals surface area contributed by atoms with Crippen LogP contribution in [0.2, 0.25) is 0 Å². The molecule has 0 spiro atoms. The van der Waals surface area contributed by atoms with Gasteiger partial charge in [-0.05, 0) is 38.0 Å². The summed E-state index contributed by atoms with van der Waals surface area (Å²) in [6.07, 6.45) is 0.151. The minimum Gasteiger partial charge on any atom is -0.480 e. The summed E-state index contributed by atoms with van der Waals surface area (Å²) in [5.74, 6) is -0.926. The first kappa shape index (κ1) is 19.6. The first-order valence-corrected chi connectivity index (χ1v) is 8.35. The van der Waals surface area contributed by atoms with Crippen molar-refractivity contribution in [2.24, 2.45) is 5.73 Å². The summed E-state index contributed by atoms with van der Waals surface area (Å²) >= 11 is 0. The number of carboxylic acids is 1. The molecule has 0 heterocycles. The summed E-state index contributed by atoms with van der Waals surface area (Å²) in [5, 5.41) is 8.77. The van der Waals surface area contributed by atoms with Crippen molar-refractivity contribution in [3.8, 4) is 5.75 Å². The fourth-order valence-corrected chi connectivity index (χ4v) is 2.37. The molecule has 1 aromatic rings. The Hall–Kier alpha value is -1.48. The molecule has 0 unspecified atom stereocenters. The molecule has 10 heteroatoms. The lowest BCUT2D eigenvalue weighted by Gasteiger charge is -2.15. The van der Waals surface area contributed by atoms with Gasteiger partial charge in [0.1, 0.15) is 11.8 Å². The minimum absolute atomic E-state index is 0.134. The molecule has 0 aliphatic rings. The zero-order valence-electron chi connectivity index (χ0n) is 12.8. The Labute approximate surface area is 133 Å². The third-order valence-corrected chi connectivity index (χ3v) is 3.45. The number of hydrogen-bond donors (Lipinski definition) is 2. The van der Waals surface area contributed by atoms with E-state index >= 15 is 0 Å². The fraction of sp³-hybridized carbons (Fsp3) is 0.462. The van der Waals surface area contributed by atoms with Crippen LogP contribution in [-0.4, -0.2) is 30.3 Å². The zero-order valence-corrected chi connectivity index (χ0v) is 13.7. The lowest BCUT2D eigenvalue weighted by Crippen LogP contribution is -2.32. The Morgan fingerprint density at radius 2 is 1.70 bits per heavy atom. The smallest absolute Gasteiger partial charge is 0.480 e. The first-order chi connectivity index (χ1) is 10.9. The molecule has 23 heavy (non-hydrogen) atoms. The molecule has 1 rings (SSSR count). The van der Waals surface area contributed by atoms with Crippen molar-refractivity contribution in [3.05, 3.63) is 29.8 Å². The molecule has 0 saturated heterocycles. The molecular formula is C13H20NO8P. The van der Waals surface area contributed by atoms with E-state index in [0.717, 1.165) is 0 Å². The van der Waals surface area contributed by atoms with E-state index in [1.54, 1.807) is 26.0 Å². The van der Waals surface area contributed by atoms with E-state index in [1.165, 1.54) is 12.1 Å². The average molecular weight is 349 g/mol. The van der Waals surface area contributed by atoms with E-state index in [-0.39, 0.29) is 25.4 Å². The van der Waals surface area contributed by atoms with Crippen LogP contribution in [0.15, 0.2) is 24.3 Å². The van der Waals surface area contributed by atoms with Crippen LogP contribution in [0.4, 0.5) is 0 Å². The fourth-order valence-electron chi connectivity index (χ4n) is 1.43. The standard InChI is InChI=1S/C13H20NO8P/c1-3-18-21-23(17,22-19-4-2)20-11-7-5-10(6-8-11)9-12(14)13(15)16/h5-8,12H,3-4,9,14H2,1-2H3,(H,15,16)/t12-/m0/s1. The molecule has 1 atom stereocenters. The quantitative estimate of drug-likeness (QED) is 0.350. The predicted octanol–water partition coefficient (Wildman–Crippen LogP) is 2.06. The summed E-state index contributed by atoms with van der Waals surface area (Å²) < 4.78 is 26.6. The molecule has 0 amide bonds. The Bertz CT molecular complexity index is 523. The number of phosphoric acid groups is 1. The third kappa shape index (κ3) is 7.08. The maximum absolute atomic E-state index is 12.2. The Morgan fingerprint density at radius 3 is 2.13 bits per heavy atom. The van der Waals surface area contributed by atoms with Crippen LogP contribution in [0.3, 0.4) is 0 Å². The molecular weight excluding hydrogens is 329 g/mol. The van der Waals surface area contributed by atoms with Crippen LogP contribution >= 0.6 is 7.82 Å². The number of nitrogens with two attached hydrogens (primary N) is 1. The lowest BCUT2D eigenvalue weighted by molar-refractivity contribution is -0.273. The van der Waals surface area contributed by atoms with Crippen LogP contribution in [0.5, 0.6) is 5.75 Å². The highest BCUT2D eigenvalue weighted by Crippen LogP contribution is 2.49. The second kappa shape index (κ2) is 9.61. The Morgan fingerprint density at radius 1 is 1.17 bits per heavy atom. The number of hydrogen-bond acceptors (Lipinski definition) is 8. The van der Waals surface area contributed by atoms with Crippen molar-refractivity contribution in [3.63, 3.8) is 0 Å². The van der Waals surface area contributed by atoms with Gasteiger partial charge in [0.15, 0.2) is 0 Å². The molecule has 0 saturated carbocycles. The normalized spacial score (nSPS) is 12.8. The number of carbonyl (C=O) groups is 1. The van der Waals surface area contributed by atoms with Crippen molar-refractivity contribution in [2.45, 2.75) is 26.3 Å². The third-order valence-electron chi connectivity index (χ3n) is 2.44. The molecule has 0 aromatic heterocycles. The van der Waals surface area contributed by atoms with Crippen molar-refractivity contribution in [1.29, 1.82) is 0 Å². The monoisotopic (exact) mass is 349 g/mol. The largest absolute Gasteiger partial charge is 0.585 e. The van der Waals surface area contributed by atoms with Gasteiger partial charge >= 0.3 is 13.8 Å². The summed E-state index contributed by atoms with van der Waals surface area (Å²) in [6, 6.07) is 5.12. The van der Waals surface area contributed by atoms with Crippen LogP contribution in [0, 0.1) is 0 Å². The molecule has 1 aromatic carbocycles. The predicted molar refractivity (Wildman–Crippen MR) is 79.4 cm³/mol. The van der Waals surface area contributed by atoms with Gasteiger partial charge in [0, 0.05) is 0 Å². The minimum atomic E-state index is -4.10.